The molecule has 1 aromatic carbocycles. The second-order valence-corrected chi connectivity index (χ2v) is 4.84. The van der Waals surface area contributed by atoms with Crippen molar-refractivity contribution in [1.29, 1.82) is 5.26 Å². The molecule has 2 aromatic rings. The highest BCUT2D eigenvalue weighted by Gasteiger charge is 2.20. The lowest BCUT2D eigenvalue weighted by Crippen LogP contribution is -2.16. The van der Waals surface area contributed by atoms with Crippen LogP contribution in [-0.4, -0.2) is 9.55 Å². The molecule has 1 atom stereocenters. The molecule has 0 amide bonds. The van der Waals surface area contributed by atoms with Crippen LogP contribution in [0.1, 0.15) is 38.8 Å². The van der Waals surface area contributed by atoms with Gasteiger partial charge in [-0.25, -0.2) is 4.98 Å². The number of hydrogen-bond donors (Lipinski definition) is 1. The second kappa shape index (κ2) is 4.69. The first kappa shape index (κ1) is 12.4. The first-order valence-electron chi connectivity index (χ1n) is 6.26. The van der Waals surface area contributed by atoms with Crippen molar-refractivity contribution in [2.45, 2.75) is 33.2 Å². The van der Waals surface area contributed by atoms with E-state index in [9.17, 15) is 0 Å². The van der Waals surface area contributed by atoms with Gasteiger partial charge in [-0.1, -0.05) is 26.8 Å². The summed E-state index contributed by atoms with van der Waals surface area (Å²) < 4.78 is 2.06. The number of imidazole rings is 1. The molecule has 0 spiro atoms. The van der Waals surface area contributed by atoms with Crippen molar-refractivity contribution in [2.24, 2.45) is 5.92 Å². The highest BCUT2D eigenvalue weighted by atomic mass is 15.2. The molecule has 2 N–H and O–H groups in total. The molecular weight excluding hydrogens is 224 g/mol. The summed E-state index contributed by atoms with van der Waals surface area (Å²) in [5.74, 6) is 0.966. The molecule has 0 fully saturated rings. The number of hydrogen-bond acceptors (Lipinski definition) is 3. The average Bonchev–Trinajstić information content (AvgIpc) is 2.67. The monoisotopic (exact) mass is 242 g/mol. The second-order valence-electron chi connectivity index (χ2n) is 4.84. The van der Waals surface area contributed by atoms with Crippen molar-refractivity contribution in [3.05, 3.63) is 23.8 Å². The van der Waals surface area contributed by atoms with Gasteiger partial charge in [0.25, 0.3) is 0 Å². The predicted octanol–water partition coefficient (Wildman–Crippen LogP) is 3.10. The molecule has 1 aromatic heterocycles. The molecule has 4 nitrogen and oxygen atoms in total. The summed E-state index contributed by atoms with van der Waals surface area (Å²) >= 11 is 0. The van der Waals surface area contributed by atoms with E-state index in [1.54, 1.807) is 6.07 Å². The molecule has 0 bridgehead atoms. The Labute approximate surface area is 107 Å². The molecule has 18 heavy (non-hydrogen) atoms. The third kappa shape index (κ3) is 1.82. The van der Waals surface area contributed by atoms with Crippen LogP contribution in [0.3, 0.4) is 0 Å². The Morgan fingerprint density at radius 1 is 1.44 bits per heavy atom. The number of para-hydroxylation sites is 1. The minimum atomic E-state index is 0.309. The van der Waals surface area contributed by atoms with Gasteiger partial charge in [0.1, 0.15) is 11.6 Å². The molecule has 0 saturated carbocycles. The highest BCUT2D eigenvalue weighted by Crippen LogP contribution is 2.30. The van der Waals surface area contributed by atoms with Crippen LogP contribution in [0.2, 0.25) is 0 Å². The van der Waals surface area contributed by atoms with Crippen molar-refractivity contribution in [1.82, 2.24) is 9.55 Å². The smallest absolute Gasteiger partial charge is 0.201 e. The fourth-order valence-corrected chi connectivity index (χ4v) is 2.53. The Kier molecular flexibility index (Phi) is 3.24. The quantitative estimate of drug-likeness (QED) is 0.899. The molecule has 1 unspecified atom stereocenters. The summed E-state index contributed by atoms with van der Waals surface area (Å²) in [7, 11) is 0. The first-order chi connectivity index (χ1) is 8.60. The van der Waals surface area contributed by atoms with E-state index in [1.807, 2.05) is 12.1 Å². The lowest BCUT2D eigenvalue weighted by molar-refractivity contribution is 0.377. The van der Waals surface area contributed by atoms with E-state index in [1.165, 1.54) is 0 Å². The zero-order chi connectivity index (χ0) is 13.3. The van der Waals surface area contributed by atoms with E-state index in [0.717, 1.165) is 11.9 Å². The molecule has 0 aliphatic carbocycles. The molecular formula is C14H18N4. The van der Waals surface area contributed by atoms with Gasteiger partial charge in [0.2, 0.25) is 5.95 Å². The number of anilines is 1. The SMILES string of the molecule is CCC(C(C)C)n1c(N)nc2c(C#N)cccc21. The largest absolute Gasteiger partial charge is 0.369 e. The molecule has 2 rings (SSSR count). The van der Waals surface area contributed by atoms with E-state index in [0.29, 0.717) is 29.0 Å². The van der Waals surface area contributed by atoms with Crippen LogP contribution < -0.4 is 5.73 Å². The Morgan fingerprint density at radius 2 is 2.17 bits per heavy atom. The van der Waals surface area contributed by atoms with Crippen molar-refractivity contribution in [2.75, 3.05) is 5.73 Å². The summed E-state index contributed by atoms with van der Waals surface area (Å²) in [6.07, 6.45) is 0.990. The lowest BCUT2D eigenvalue weighted by atomic mass is 10.0. The van der Waals surface area contributed by atoms with E-state index in [4.69, 9.17) is 11.0 Å². The molecule has 4 heteroatoms. The summed E-state index contributed by atoms with van der Waals surface area (Å²) in [6, 6.07) is 8.11. The van der Waals surface area contributed by atoms with Gasteiger partial charge < -0.3 is 10.3 Å². The van der Waals surface area contributed by atoms with E-state index in [-0.39, 0.29) is 0 Å². The van der Waals surface area contributed by atoms with Gasteiger partial charge in [-0.15, -0.1) is 0 Å². The van der Waals surface area contributed by atoms with Crippen LogP contribution in [0.4, 0.5) is 5.95 Å². The predicted molar refractivity (Wildman–Crippen MR) is 73.0 cm³/mol. The van der Waals surface area contributed by atoms with Gasteiger partial charge in [0, 0.05) is 6.04 Å². The van der Waals surface area contributed by atoms with Gasteiger partial charge in [-0.05, 0) is 24.5 Å². The number of nitrogen functional groups attached to an aromatic ring is 1. The molecule has 0 aliphatic heterocycles. The minimum Gasteiger partial charge on any atom is -0.369 e. The molecule has 1 heterocycles. The average molecular weight is 242 g/mol. The van der Waals surface area contributed by atoms with Gasteiger partial charge in [0.05, 0.1) is 11.1 Å². The zero-order valence-corrected chi connectivity index (χ0v) is 11.0. The maximum absolute atomic E-state index is 9.10. The lowest BCUT2D eigenvalue weighted by Gasteiger charge is -2.22. The molecule has 0 radical (unpaired) electrons. The number of rotatable bonds is 3. The van der Waals surface area contributed by atoms with Crippen LogP contribution in [0, 0.1) is 17.2 Å². The van der Waals surface area contributed by atoms with E-state index in [2.05, 4.69) is 36.4 Å². The number of nitrogens with two attached hydrogens (primary N) is 1. The molecule has 0 saturated heterocycles. The van der Waals surface area contributed by atoms with Crippen LogP contribution in [0.25, 0.3) is 11.0 Å². The topological polar surface area (TPSA) is 67.6 Å². The van der Waals surface area contributed by atoms with Crippen LogP contribution >= 0.6 is 0 Å². The van der Waals surface area contributed by atoms with Crippen LogP contribution in [0.5, 0.6) is 0 Å². The Hall–Kier alpha value is -2.02. The summed E-state index contributed by atoms with van der Waals surface area (Å²) in [5, 5.41) is 9.10. The highest BCUT2D eigenvalue weighted by molar-refractivity contribution is 5.84. The van der Waals surface area contributed by atoms with Crippen LogP contribution in [0.15, 0.2) is 18.2 Å². The fourth-order valence-electron chi connectivity index (χ4n) is 2.53. The number of benzene rings is 1. The van der Waals surface area contributed by atoms with Gasteiger partial charge in [-0.3, -0.25) is 0 Å². The standard InChI is InChI=1S/C14H18N4/c1-4-11(9(2)3)18-12-7-5-6-10(8-15)13(12)17-14(18)16/h5-7,9,11H,4H2,1-3H3,(H2,16,17). The van der Waals surface area contributed by atoms with Crippen molar-refractivity contribution >= 4 is 17.0 Å². The molecule has 94 valence electrons. The Bertz CT molecular complexity index is 604. The van der Waals surface area contributed by atoms with E-state index >= 15 is 0 Å². The summed E-state index contributed by atoms with van der Waals surface area (Å²) in [5.41, 5.74) is 8.27. The van der Waals surface area contributed by atoms with Gasteiger partial charge in [-0.2, -0.15) is 5.26 Å². The number of nitriles is 1. The fraction of sp³-hybridized carbons (Fsp3) is 0.429. The Balaban J connectivity index is 2.72. The van der Waals surface area contributed by atoms with Crippen molar-refractivity contribution in [3.63, 3.8) is 0 Å². The minimum absolute atomic E-state index is 0.309. The van der Waals surface area contributed by atoms with E-state index < -0.39 is 0 Å². The maximum Gasteiger partial charge on any atom is 0.201 e. The summed E-state index contributed by atoms with van der Waals surface area (Å²) in [6.45, 7) is 6.49. The molecule has 0 aliphatic rings. The zero-order valence-electron chi connectivity index (χ0n) is 11.0. The van der Waals surface area contributed by atoms with Crippen LogP contribution in [-0.2, 0) is 0 Å². The normalized spacial score (nSPS) is 12.8. The van der Waals surface area contributed by atoms with Crippen molar-refractivity contribution in [3.8, 4) is 6.07 Å². The third-order valence-corrected chi connectivity index (χ3v) is 3.39. The van der Waals surface area contributed by atoms with Crippen molar-refractivity contribution < 1.29 is 0 Å². The first-order valence-corrected chi connectivity index (χ1v) is 6.26. The third-order valence-electron chi connectivity index (χ3n) is 3.39. The number of aromatic nitrogens is 2. The number of fused-ring (bicyclic) bond motifs is 1. The number of nitrogens with zero attached hydrogens (tertiary/aromatic N) is 3. The Morgan fingerprint density at radius 3 is 2.72 bits per heavy atom. The summed E-state index contributed by atoms with van der Waals surface area (Å²) in [4.78, 5) is 4.35. The van der Waals surface area contributed by atoms with Gasteiger partial charge in [0.15, 0.2) is 0 Å². The maximum atomic E-state index is 9.10. The van der Waals surface area contributed by atoms with Gasteiger partial charge >= 0.3 is 0 Å².